The lowest BCUT2D eigenvalue weighted by molar-refractivity contribution is -0.0869. The molecule has 38 heavy (non-hydrogen) atoms. The van der Waals surface area contributed by atoms with E-state index in [1.807, 2.05) is 0 Å². The molecule has 206 valence electrons. The van der Waals surface area contributed by atoms with Crippen molar-refractivity contribution in [3.8, 4) is 5.75 Å². The Labute approximate surface area is 218 Å². The van der Waals surface area contributed by atoms with E-state index in [4.69, 9.17) is 4.74 Å². The first-order valence-corrected chi connectivity index (χ1v) is 13.0. The van der Waals surface area contributed by atoms with Crippen LogP contribution in [0, 0.1) is 23.4 Å². The summed E-state index contributed by atoms with van der Waals surface area (Å²) in [6, 6.07) is 4.43. The standard InChI is InChI=1S/C28H32F5N3O2/c1-3-17-12-35(13-17)6-7-38-19-10-22(30)25(23(31)11-19)27-26-21(20-9-18(29)4-5-24(20)34-26)8-16(2)36(27)14-28(32,33)15-37/h4-5,9-11,16-17,27,34,37H,3,6-8,12-15H2,1-2H3/t16-,27-/m0/s1. The Hall–Kier alpha value is -2.69. The second kappa shape index (κ2) is 10.5. The number of aliphatic hydroxyl groups excluding tert-OH is 1. The molecule has 0 amide bonds. The van der Waals surface area contributed by atoms with Gasteiger partial charge in [0.2, 0.25) is 0 Å². The van der Waals surface area contributed by atoms with E-state index in [1.54, 1.807) is 6.92 Å². The molecule has 0 bridgehead atoms. The van der Waals surface area contributed by atoms with E-state index < -0.39 is 54.2 Å². The average molecular weight is 538 g/mol. The number of rotatable bonds is 9. The van der Waals surface area contributed by atoms with Crippen LogP contribution in [0.5, 0.6) is 5.75 Å². The molecule has 1 saturated heterocycles. The predicted molar refractivity (Wildman–Crippen MR) is 134 cm³/mol. The lowest BCUT2D eigenvalue weighted by atomic mass is 9.87. The molecule has 0 aliphatic carbocycles. The number of ether oxygens (including phenoxy) is 1. The molecular formula is C28H32F5N3O2. The third-order valence-corrected chi connectivity index (χ3v) is 7.83. The number of aromatic nitrogens is 1. The van der Waals surface area contributed by atoms with Crippen LogP contribution in [0.3, 0.4) is 0 Å². The number of halogens is 5. The van der Waals surface area contributed by atoms with Gasteiger partial charge in [0.25, 0.3) is 5.92 Å². The number of nitrogens with one attached hydrogen (secondary N) is 1. The molecule has 3 heterocycles. The number of hydrogen-bond acceptors (Lipinski definition) is 4. The number of likely N-dealkylation sites (tertiary alicyclic amines) is 1. The van der Waals surface area contributed by atoms with Crippen LogP contribution in [0.1, 0.15) is 43.1 Å². The number of H-pyrrole nitrogens is 1. The predicted octanol–water partition coefficient (Wildman–Crippen LogP) is 5.27. The Bertz CT molecular complexity index is 1280. The van der Waals surface area contributed by atoms with Crippen molar-refractivity contribution in [2.75, 3.05) is 39.4 Å². The number of alkyl halides is 2. The summed E-state index contributed by atoms with van der Waals surface area (Å²) >= 11 is 0. The van der Waals surface area contributed by atoms with Gasteiger partial charge in [0, 0.05) is 60.0 Å². The highest BCUT2D eigenvalue weighted by atomic mass is 19.3. The van der Waals surface area contributed by atoms with Gasteiger partial charge in [-0.05, 0) is 43.0 Å². The molecule has 2 aliphatic heterocycles. The number of nitrogens with zero attached hydrogens (tertiary/aromatic N) is 2. The molecule has 1 fully saturated rings. The van der Waals surface area contributed by atoms with Gasteiger partial charge in [-0.3, -0.25) is 9.80 Å². The summed E-state index contributed by atoms with van der Waals surface area (Å²) in [6.07, 6.45) is 1.37. The van der Waals surface area contributed by atoms with Crippen LogP contribution in [-0.2, 0) is 6.42 Å². The van der Waals surface area contributed by atoms with Crippen molar-refractivity contribution in [2.45, 2.75) is 44.7 Å². The van der Waals surface area contributed by atoms with Gasteiger partial charge in [-0.15, -0.1) is 0 Å². The zero-order chi connectivity index (χ0) is 27.2. The molecule has 3 aromatic rings. The molecule has 0 saturated carbocycles. The Kier molecular flexibility index (Phi) is 7.41. The number of aromatic amines is 1. The summed E-state index contributed by atoms with van der Waals surface area (Å²) < 4.78 is 79.7. The van der Waals surface area contributed by atoms with E-state index in [2.05, 4.69) is 16.8 Å². The van der Waals surface area contributed by atoms with Crippen molar-refractivity contribution in [1.29, 1.82) is 0 Å². The third-order valence-electron chi connectivity index (χ3n) is 7.83. The maximum absolute atomic E-state index is 15.6. The van der Waals surface area contributed by atoms with Crippen molar-refractivity contribution in [2.24, 2.45) is 5.92 Å². The van der Waals surface area contributed by atoms with E-state index in [1.165, 1.54) is 23.1 Å². The monoisotopic (exact) mass is 537 g/mol. The van der Waals surface area contributed by atoms with Crippen molar-refractivity contribution in [1.82, 2.24) is 14.8 Å². The summed E-state index contributed by atoms with van der Waals surface area (Å²) in [5.41, 5.74) is 1.09. The second-order valence-electron chi connectivity index (χ2n) is 10.5. The van der Waals surface area contributed by atoms with Gasteiger partial charge in [0.05, 0.1) is 12.6 Å². The van der Waals surface area contributed by atoms with Crippen LogP contribution >= 0.6 is 0 Å². The second-order valence-corrected chi connectivity index (χ2v) is 10.5. The highest BCUT2D eigenvalue weighted by Gasteiger charge is 2.43. The van der Waals surface area contributed by atoms with Gasteiger partial charge in [-0.1, -0.05) is 13.3 Å². The largest absolute Gasteiger partial charge is 0.492 e. The maximum atomic E-state index is 15.6. The molecular weight excluding hydrogens is 505 g/mol. The van der Waals surface area contributed by atoms with Crippen molar-refractivity contribution in [3.05, 3.63) is 64.6 Å². The molecule has 5 rings (SSSR count). The minimum atomic E-state index is -3.49. The molecule has 2 aromatic carbocycles. The van der Waals surface area contributed by atoms with Gasteiger partial charge in [0.1, 0.15) is 36.4 Å². The number of hydrogen-bond donors (Lipinski definition) is 2. The molecule has 0 spiro atoms. The third kappa shape index (κ3) is 5.13. The van der Waals surface area contributed by atoms with Gasteiger partial charge >= 0.3 is 0 Å². The van der Waals surface area contributed by atoms with Crippen molar-refractivity contribution < 1.29 is 31.8 Å². The molecule has 5 nitrogen and oxygen atoms in total. The summed E-state index contributed by atoms with van der Waals surface area (Å²) in [5.74, 6) is -5.13. The van der Waals surface area contributed by atoms with Gasteiger partial charge in [-0.25, -0.2) is 22.0 Å². The summed E-state index contributed by atoms with van der Waals surface area (Å²) in [5, 5.41) is 9.78. The maximum Gasteiger partial charge on any atom is 0.283 e. The molecule has 2 N–H and O–H groups in total. The van der Waals surface area contributed by atoms with E-state index in [0.29, 0.717) is 34.6 Å². The topological polar surface area (TPSA) is 51.7 Å². The molecule has 2 atom stereocenters. The fourth-order valence-corrected chi connectivity index (χ4v) is 5.72. The molecule has 0 unspecified atom stereocenters. The average Bonchev–Trinajstić information content (AvgIpc) is 3.19. The fourth-order valence-electron chi connectivity index (χ4n) is 5.72. The van der Waals surface area contributed by atoms with Gasteiger partial charge in [0.15, 0.2) is 0 Å². The summed E-state index contributed by atoms with van der Waals surface area (Å²) in [4.78, 5) is 6.60. The van der Waals surface area contributed by atoms with Crippen LogP contribution in [0.15, 0.2) is 30.3 Å². The zero-order valence-electron chi connectivity index (χ0n) is 21.4. The summed E-state index contributed by atoms with van der Waals surface area (Å²) in [6.45, 7) is 4.36. The van der Waals surface area contributed by atoms with E-state index in [0.717, 1.165) is 31.6 Å². The van der Waals surface area contributed by atoms with Crippen LogP contribution in [0.25, 0.3) is 10.9 Å². The Morgan fingerprint density at radius 1 is 1.11 bits per heavy atom. The zero-order valence-corrected chi connectivity index (χ0v) is 21.4. The van der Waals surface area contributed by atoms with Crippen LogP contribution in [-0.4, -0.2) is 71.2 Å². The number of aliphatic hydroxyl groups is 1. The lowest BCUT2D eigenvalue weighted by Gasteiger charge is -2.42. The molecule has 0 radical (unpaired) electrons. The Morgan fingerprint density at radius 3 is 2.47 bits per heavy atom. The first kappa shape index (κ1) is 26.9. The van der Waals surface area contributed by atoms with Crippen molar-refractivity contribution in [3.63, 3.8) is 0 Å². The molecule has 2 aliphatic rings. The highest BCUT2D eigenvalue weighted by molar-refractivity contribution is 5.85. The molecule has 1 aromatic heterocycles. The van der Waals surface area contributed by atoms with Gasteiger partial charge < -0.3 is 14.8 Å². The first-order chi connectivity index (χ1) is 18.1. The van der Waals surface area contributed by atoms with E-state index >= 15 is 8.78 Å². The quantitative estimate of drug-likeness (QED) is 0.366. The van der Waals surface area contributed by atoms with Crippen molar-refractivity contribution >= 4 is 10.9 Å². The Balaban J connectivity index is 1.49. The fraction of sp³-hybridized carbons (Fsp3) is 0.500. The lowest BCUT2D eigenvalue weighted by Crippen LogP contribution is -2.49. The first-order valence-electron chi connectivity index (χ1n) is 13.0. The van der Waals surface area contributed by atoms with Crippen LogP contribution in [0.4, 0.5) is 22.0 Å². The minimum absolute atomic E-state index is 0.0198. The summed E-state index contributed by atoms with van der Waals surface area (Å²) in [7, 11) is 0. The SMILES string of the molecule is CCC1CN(CCOc2cc(F)c([C@H]3c4[nH]c5ccc(F)cc5c4C[C@H](C)N3CC(F)(F)CO)c(F)c2)C1. The van der Waals surface area contributed by atoms with Crippen LogP contribution in [0.2, 0.25) is 0 Å². The van der Waals surface area contributed by atoms with Gasteiger partial charge in [-0.2, -0.15) is 0 Å². The normalized spacial score (nSPS) is 21.1. The minimum Gasteiger partial charge on any atom is -0.492 e. The highest BCUT2D eigenvalue weighted by Crippen LogP contribution is 2.44. The van der Waals surface area contributed by atoms with E-state index in [-0.39, 0.29) is 18.8 Å². The number of fused-ring (bicyclic) bond motifs is 3. The molecule has 10 heteroatoms. The smallest absolute Gasteiger partial charge is 0.283 e. The van der Waals surface area contributed by atoms with E-state index in [9.17, 15) is 18.3 Å². The van der Waals surface area contributed by atoms with Crippen LogP contribution < -0.4 is 4.74 Å². The number of benzene rings is 2. The Morgan fingerprint density at radius 2 is 1.82 bits per heavy atom.